The fraction of sp³-hybridized carbons (Fsp3) is 0.577. The monoisotopic (exact) mass is 412 g/mol. The molecule has 2 aliphatic heterocycles. The molecule has 2 saturated heterocycles. The number of carboxylic acids is 1. The Bertz CT molecular complexity index is 721. The molecule has 0 spiro atoms. The molecule has 1 aromatic carbocycles. The highest BCUT2D eigenvalue weighted by atomic mass is 16.5. The highest BCUT2D eigenvalue weighted by Gasteiger charge is 2.46. The molecule has 2 bridgehead atoms. The maximum Gasteiger partial charge on any atom is 0.303 e. The topological polar surface area (TPSA) is 66.8 Å². The largest absolute Gasteiger partial charge is 0.481 e. The van der Waals surface area contributed by atoms with Crippen LogP contribution in [-0.4, -0.2) is 34.5 Å². The van der Waals surface area contributed by atoms with Crippen molar-refractivity contribution in [3.63, 3.8) is 0 Å². The molecule has 0 aliphatic carbocycles. The van der Waals surface area contributed by atoms with E-state index in [0.29, 0.717) is 24.0 Å². The molecule has 2 heterocycles. The van der Waals surface area contributed by atoms with E-state index in [1.165, 1.54) is 11.1 Å². The normalized spacial score (nSPS) is 26.7. The Hall–Kier alpha value is -1.91. The Morgan fingerprint density at radius 2 is 1.93 bits per heavy atom. The van der Waals surface area contributed by atoms with E-state index in [4.69, 9.17) is 9.84 Å². The summed E-state index contributed by atoms with van der Waals surface area (Å²) in [5.74, 6) is 0.155. The molecule has 3 rings (SSSR count). The van der Waals surface area contributed by atoms with Crippen molar-refractivity contribution in [2.45, 2.75) is 83.0 Å². The van der Waals surface area contributed by atoms with Crippen LogP contribution in [0.3, 0.4) is 0 Å². The lowest BCUT2D eigenvalue weighted by Crippen LogP contribution is -2.25. The Morgan fingerprint density at radius 1 is 1.17 bits per heavy atom. The Kier molecular flexibility index (Phi) is 8.71. The molecule has 2 fully saturated rings. The van der Waals surface area contributed by atoms with E-state index in [1.807, 2.05) is 6.08 Å². The number of allylic oxidation sites excluding steroid dienone is 2. The standard InChI is InChI=1S/C26H36O4/c1-19-9-11-20(12-10-19)13-14-21(27)15-16-23-22(24-17-18-25(23)30-24)7-5-3-2-4-6-8-26(28)29/h3,5,9-12,15-16,21-25,27H,2,4,6-8,13-14,17-18H2,1H3,(H,28,29)/t21-,22+,23?,24+,25+/m0/s1. The average molecular weight is 413 g/mol. The maximum atomic E-state index is 10.6. The number of rotatable bonds is 12. The summed E-state index contributed by atoms with van der Waals surface area (Å²) in [6, 6.07) is 8.52. The van der Waals surface area contributed by atoms with Crippen LogP contribution < -0.4 is 0 Å². The van der Waals surface area contributed by atoms with E-state index < -0.39 is 12.1 Å². The van der Waals surface area contributed by atoms with Gasteiger partial charge in [0.15, 0.2) is 0 Å². The van der Waals surface area contributed by atoms with Gasteiger partial charge in [0.25, 0.3) is 0 Å². The second-order valence-electron chi connectivity index (χ2n) is 8.85. The van der Waals surface area contributed by atoms with Gasteiger partial charge in [-0.2, -0.15) is 0 Å². The molecule has 5 atom stereocenters. The number of aliphatic hydroxyl groups excluding tert-OH is 1. The summed E-state index contributed by atoms with van der Waals surface area (Å²) < 4.78 is 6.16. The van der Waals surface area contributed by atoms with Crippen molar-refractivity contribution in [2.24, 2.45) is 11.8 Å². The fourth-order valence-electron chi connectivity index (χ4n) is 4.72. The maximum absolute atomic E-state index is 10.6. The zero-order valence-corrected chi connectivity index (χ0v) is 18.1. The van der Waals surface area contributed by atoms with E-state index in [9.17, 15) is 9.90 Å². The predicted octanol–water partition coefficient (Wildman–Crippen LogP) is 5.23. The number of benzene rings is 1. The number of aliphatic hydroxyl groups is 1. The number of carboxylic acid groups (broad SMARTS) is 1. The summed E-state index contributed by atoms with van der Waals surface area (Å²) in [4.78, 5) is 10.6. The highest BCUT2D eigenvalue weighted by molar-refractivity contribution is 5.66. The zero-order chi connectivity index (χ0) is 21.3. The van der Waals surface area contributed by atoms with Crippen molar-refractivity contribution in [1.29, 1.82) is 0 Å². The van der Waals surface area contributed by atoms with E-state index in [-0.39, 0.29) is 6.42 Å². The number of aliphatic carboxylic acids is 1. The SMILES string of the molecule is Cc1ccc(CC[C@H](O)C=CC2[C@@H](CC=CCCCCC(=O)O)[C@H]3CC[C@H]2O3)cc1. The number of aryl methyl sites for hydroxylation is 2. The van der Waals surface area contributed by atoms with Crippen LogP contribution in [0.2, 0.25) is 0 Å². The van der Waals surface area contributed by atoms with Gasteiger partial charge in [0, 0.05) is 12.3 Å². The molecule has 0 amide bonds. The van der Waals surface area contributed by atoms with Gasteiger partial charge in [-0.15, -0.1) is 0 Å². The molecule has 1 aromatic rings. The molecule has 1 unspecified atom stereocenters. The minimum absolute atomic E-state index is 0.257. The van der Waals surface area contributed by atoms with Crippen molar-refractivity contribution in [3.8, 4) is 0 Å². The molecule has 0 aromatic heterocycles. The Labute approximate surface area is 180 Å². The lowest BCUT2D eigenvalue weighted by molar-refractivity contribution is -0.137. The lowest BCUT2D eigenvalue weighted by atomic mass is 9.77. The molecule has 0 radical (unpaired) electrons. The minimum atomic E-state index is -0.714. The molecule has 164 valence electrons. The van der Waals surface area contributed by atoms with E-state index >= 15 is 0 Å². The number of hydrogen-bond donors (Lipinski definition) is 2. The molecule has 4 nitrogen and oxygen atoms in total. The Morgan fingerprint density at radius 3 is 2.70 bits per heavy atom. The van der Waals surface area contributed by atoms with Gasteiger partial charge < -0.3 is 14.9 Å². The van der Waals surface area contributed by atoms with Crippen molar-refractivity contribution in [1.82, 2.24) is 0 Å². The van der Waals surface area contributed by atoms with E-state index in [2.05, 4.69) is 49.4 Å². The van der Waals surface area contributed by atoms with Crippen molar-refractivity contribution >= 4 is 5.97 Å². The molecular formula is C26H36O4. The summed E-state index contributed by atoms with van der Waals surface area (Å²) in [5, 5.41) is 19.1. The molecular weight excluding hydrogens is 376 g/mol. The predicted molar refractivity (Wildman–Crippen MR) is 119 cm³/mol. The first-order chi connectivity index (χ1) is 14.5. The van der Waals surface area contributed by atoms with E-state index in [1.54, 1.807) is 0 Å². The molecule has 30 heavy (non-hydrogen) atoms. The van der Waals surface area contributed by atoms with Gasteiger partial charge in [-0.05, 0) is 69.8 Å². The highest BCUT2D eigenvalue weighted by Crippen LogP contribution is 2.45. The Balaban J connectivity index is 1.43. The van der Waals surface area contributed by atoms with Gasteiger partial charge in [-0.3, -0.25) is 4.79 Å². The first kappa shape index (κ1) is 22.8. The van der Waals surface area contributed by atoms with Crippen LogP contribution in [0.15, 0.2) is 48.6 Å². The number of hydrogen-bond acceptors (Lipinski definition) is 3. The van der Waals surface area contributed by atoms with Crippen molar-refractivity contribution in [2.75, 3.05) is 0 Å². The average Bonchev–Trinajstić information content (AvgIpc) is 3.32. The third-order valence-electron chi connectivity index (χ3n) is 6.48. The summed E-state index contributed by atoms with van der Waals surface area (Å²) in [5.41, 5.74) is 2.53. The number of unbranched alkanes of at least 4 members (excludes halogenated alkanes) is 2. The van der Waals surface area contributed by atoms with Gasteiger partial charge in [0.2, 0.25) is 0 Å². The summed E-state index contributed by atoms with van der Waals surface area (Å²) in [6.07, 6.45) is 16.6. The van der Waals surface area contributed by atoms with E-state index in [0.717, 1.165) is 51.4 Å². The second kappa shape index (κ2) is 11.5. The van der Waals surface area contributed by atoms with Crippen LogP contribution in [0.1, 0.15) is 62.5 Å². The smallest absolute Gasteiger partial charge is 0.303 e. The van der Waals surface area contributed by atoms with Gasteiger partial charge >= 0.3 is 5.97 Å². The van der Waals surface area contributed by atoms with Crippen LogP contribution >= 0.6 is 0 Å². The minimum Gasteiger partial charge on any atom is -0.481 e. The molecule has 0 saturated carbocycles. The first-order valence-electron chi connectivity index (χ1n) is 11.5. The molecule has 2 aliphatic rings. The van der Waals surface area contributed by atoms with Crippen molar-refractivity contribution in [3.05, 3.63) is 59.7 Å². The number of ether oxygens (including phenoxy) is 1. The summed E-state index contributed by atoms with van der Waals surface area (Å²) in [6.45, 7) is 2.09. The van der Waals surface area contributed by atoms with Gasteiger partial charge in [0.05, 0.1) is 18.3 Å². The molecule has 4 heteroatoms. The third kappa shape index (κ3) is 6.82. The van der Waals surface area contributed by atoms with Gasteiger partial charge in [-0.25, -0.2) is 0 Å². The van der Waals surface area contributed by atoms with Crippen LogP contribution in [0.25, 0.3) is 0 Å². The number of fused-ring (bicyclic) bond motifs is 2. The summed E-state index contributed by atoms with van der Waals surface area (Å²) in [7, 11) is 0. The third-order valence-corrected chi connectivity index (χ3v) is 6.48. The van der Waals surface area contributed by atoms with Crippen molar-refractivity contribution < 1.29 is 19.7 Å². The fourth-order valence-corrected chi connectivity index (χ4v) is 4.72. The second-order valence-corrected chi connectivity index (χ2v) is 8.85. The van der Waals surface area contributed by atoms with Crippen LogP contribution in [-0.2, 0) is 16.0 Å². The number of carbonyl (C=O) groups is 1. The first-order valence-corrected chi connectivity index (χ1v) is 11.5. The van der Waals surface area contributed by atoms with Gasteiger partial charge in [0.1, 0.15) is 0 Å². The summed E-state index contributed by atoms with van der Waals surface area (Å²) >= 11 is 0. The van der Waals surface area contributed by atoms with Gasteiger partial charge in [-0.1, -0.05) is 54.1 Å². The van der Waals surface area contributed by atoms with Crippen LogP contribution in [0.5, 0.6) is 0 Å². The molecule has 2 N–H and O–H groups in total. The van der Waals surface area contributed by atoms with Crippen LogP contribution in [0.4, 0.5) is 0 Å². The zero-order valence-electron chi connectivity index (χ0n) is 18.1. The quantitative estimate of drug-likeness (QED) is 0.364. The van der Waals surface area contributed by atoms with Crippen LogP contribution in [0, 0.1) is 18.8 Å². The lowest BCUT2D eigenvalue weighted by Gasteiger charge is -2.25.